The van der Waals surface area contributed by atoms with E-state index in [1.165, 1.54) is 0 Å². The predicted molar refractivity (Wildman–Crippen MR) is 52.1 cm³/mol. The molecule has 0 aliphatic rings. The lowest BCUT2D eigenvalue weighted by atomic mass is 10.3. The topological polar surface area (TPSA) is 17.8 Å². The molecule has 0 atom stereocenters. The number of nitrogens with zero attached hydrogens (tertiary/aromatic N) is 2. The monoisotopic (exact) mass is 191 g/mol. The fraction of sp³-hybridized carbons (Fsp3) is 0.100. The molecule has 13 heavy (non-hydrogen) atoms. The van der Waals surface area contributed by atoms with E-state index in [9.17, 15) is 0 Å². The van der Waals surface area contributed by atoms with Crippen LogP contribution in [0.3, 0.4) is 0 Å². The Kier molecular flexibility index (Phi) is 2.07. The zero-order valence-electron chi connectivity index (χ0n) is 7.16. The third-order valence-corrected chi connectivity index (χ3v) is 2.09. The van der Waals surface area contributed by atoms with Crippen LogP contribution in [0.15, 0.2) is 30.3 Å². The number of benzene rings is 1. The molecule has 1 heterocycles. The van der Waals surface area contributed by atoms with Gasteiger partial charge in [0.15, 0.2) is 0 Å². The van der Waals surface area contributed by atoms with Crippen molar-refractivity contribution in [2.45, 2.75) is 6.92 Å². The summed E-state index contributed by atoms with van der Waals surface area (Å²) in [5.41, 5.74) is 2.06. The molecule has 0 spiro atoms. The van der Waals surface area contributed by atoms with E-state index in [0.717, 1.165) is 16.4 Å². The van der Waals surface area contributed by atoms with Crippen molar-refractivity contribution in [2.24, 2.45) is 0 Å². The molecule has 0 aliphatic heterocycles. The lowest BCUT2D eigenvalue weighted by molar-refractivity contribution is 0.844. The van der Waals surface area contributed by atoms with Gasteiger partial charge in [0.2, 0.25) is 0 Å². The molecule has 0 fully saturated rings. The molecular weight excluding hydrogens is 184 g/mol. The third kappa shape index (κ3) is 1.58. The number of halogens is 1. The van der Waals surface area contributed by atoms with Gasteiger partial charge >= 0.3 is 0 Å². The number of hydrogen-bond donors (Lipinski definition) is 0. The van der Waals surface area contributed by atoms with Crippen molar-refractivity contribution in [3.05, 3.63) is 47.2 Å². The van der Waals surface area contributed by atoms with Crippen LogP contribution in [-0.2, 0) is 0 Å². The first-order chi connectivity index (χ1) is 6.27. The zero-order chi connectivity index (χ0) is 9.26. The molecule has 0 amide bonds. The largest absolute Gasteiger partial charge is 0.237 e. The Balaban J connectivity index is 2.47. The van der Waals surface area contributed by atoms with Crippen LogP contribution in [0.1, 0.15) is 5.69 Å². The molecule has 1 aromatic carbocycles. The van der Waals surface area contributed by atoms with Gasteiger partial charge < -0.3 is 0 Å². The van der Waals surface area contributed by atoms with Gasteiger partial charge in [-0.3, -0.25) is 0 Å². The zero-order valence-corrected chi connectivity index (χ0v) is 7.92. The van der Waals surface area contributed by atoms with Crippen LogP contribution >= 0.6 is 11.6 Å². The number of aromatic nitrogens is 2. The van der Waals surface area contributed by atoms with E-state index in [2.05, 4.69) is 11.3 Å². The van der Waals surface area contributed by atoms with Gasteiger partial charge in [-0.2, -0.15) is 5.10 Å². The first kappa shape index (κ1) is 8.32. The minimum Gasteiger partial charge on any atom is -0.237 e. The van der Waals surface area contributed by atoms with E-state index in [0.29, 0.717) is 0 Å². The van der Waals surface area contributed by atoms with E-state index in [-0.39, 0.29) is 0 Å². The van der Waals surface area contributed by atoms with Gasteiger partial charge in [-0.05, 0) is 37.3 Å². The second-order valence-electron chi connectivity index (χ2n) is 2.80. The van der Waals surface area contributed by atoms with Crippen LogP contribution in [0.4, 0.5) is 0 Å². The highest BCUT2D eigenvalue weighted by molar-refractivity contribution is 6.30. The summed E-state index contributed by atoms with van der Waals surface area (Å²) < 4.78 is 1.82. The van der Waals surface area contributed by atoms with Crippen molar-refractivity contribution in [3.63, 3.8) is 0 Å². The summed E-state index contributed by atoms with van der Waals surface area (Å²) in [4.78, 5) is 0. The number of rotatable bonds is 1. The van der Waals surface area contributed by atoms with Crippen molar-refractivity contribution in [1.82, 2.24) is 9.78 Å². The summed E-state index contributed by atoms with van der Waals surface area (Å²) in [6, 6.07) is 9.39. The van der Waals surface area contributed by atoms with Crippen molar-refractivity contribution in [2.75, 3.05) is 0 Å². The van der Waals surface area contributed by atoms with E-state index in [4.69, 9.17) is 11.6 Å². The lowest BCUT2D eigenvalue weighted by Gasteiger charge is -2.03. The van der Waals surface area contributed by atoms with Crippen LogP contribution in [0.25, 0.3) is 5.69 Å². The Bertz CT molecular complexity index is 403. The molecule has 0 saturated carbocycles. The SMILES string of the molecule is Cc1c[c]nn1-c1ccc(Cl)cc1. The minimum absolute atomic E-state index is 0.734. The standard InChI is InChI=1S/C10H8ClN2/c1-8-6-7-12-13(8)10-4-2-9(11)3-5-10/h2-6H,1H3. The van der Waals surface area contributed by atoms with Crippen molar-refractivity contribution < 1.29 is 0 Å². The van der Waals surface area contributed by atoms with Gasteiger partial charge in [-0.15, -0.1) is 0 Å². The first-order valence-electron chi connectivity index (χ1n) is 3.96. The average molecular weight is 192 g/mol. The van der Waals surface area contributed by atoms with Crippen LogP contribution in [-0.4, -0.2) is 9.78 Å². The van der Waals surface area contributed by atoms with Gasteiger partial charge in [0.25, 0.3) is 0 Å². The van der Waals surface area contributed by atoms with E-state index in [1.807, 2.05) is 41.9 Å². The summed E-state index contributed by atoms with van der Waals surface area (Å²) in [6.07, 6.45) is 2.79. The fourth-order valence-corrected chi connectivity index (χ4v) is 1.29. The third-order valence-electron chi connectivity index (χ3n) is 1.84. The van der Waals surface area contributed by atoms with Crippen LogP contribution in [0.5, 0.6) is 0 Å². The molecule has 0 saturated heterocycles. The molecule has 0 bridgehead atoms. The van der Waals surface area contributed by atoms with E-state index in [1.54, 1.807) is 0 Å². The Morgan fingerprint density at radius 1 is 1.31 bits per heavy atom. The molecular formula is C10H8ClN2. The minimum atomic E-state index is 0.734. The Morgan fingerprint density at radius 2 is 2.00 bits per heavy atom. The lowest BCUT2D eigenvalue weighted by Crippen LogP contribution is -1.97. The maximum atomic E-state index is 5.78. The molecule has 0 N–H and O–H groups in total. The van der Waals surface area contributed by atoms with Gasteiger partial charge in [-0.1, -0.05) is 11.6 Å². The summed E-state index contributed by atoms with van der Waals surface area (Å²) in [7, 11) is 0. The molecule has 2 rings (SSSR count). The van der Waals surface area contributed by atoms with Crippen molar-refractivity contribution >= 4 is 11.6 Å². The van der Waals surface area contributed by atoms with Crippen molar-refractivity contribution in [1.29, 1.82) is 0 Å². The van der Waals surface area contributed by atoms with Gasteiger partial charge in [0.05, 0.1) is 5.69 Å². The summed E-state index contributed by atoms with van der Waals surface area (Å²) >= 11 is 5.78. The summed E-state index contributed by atoms with van der Waals surface area (Å²) in [5.74, 6) is 0. The normalized spacial score (nSPS) is 10.3. The quantitative estimate of drug-likeness (QED) is 0.678. The highest BCUT2D eigenvalue weighted by atomic mass is 35.5. The summed E-state index contributed by atoms with van der Waals surface area (Å²) in [6.45, 7) is 1.98. The molecule has 2 nitrogen and oxygen atoms in total. The molecule has 0 aliphatic carbocycles. The highest BCUT2D eigenvalue weighted by Gasteiger charge is 1.99. The highest BCUT2D eigenvalue weighted by Crippen LogP contribution is 2.13. The smallest absolute Gasteiger partial charge is 0.113 e. The van der Waals surface area contributed by atoms with Crippen molar-refractivity contribution in [3.8, 4) is 5.69 Å². The molecule has 65 valence electrons. The number of hydrogen-bond acceptors (Lipinski definition) is 1. The maximum Gasteiger partial charge on any atom is 0.113 e. The van der Waals surface area contributed by atoms with Gasteiger partial charge in [0, 0.05) is 10.7 Å². The van der Waals surface area contributed by atoms with E-state index >= 15 is 0 Å². The average Bonchev–Trinajstić information content (AvgIpc) is 2.53. The van der Waals surface area contributed by atoms with E-state index < -0.39 is 0 Å². The Morgan fingerprint density at radius 3 is 2.54 bits per heavy atom. The fourth-order valence-electron chi connectivity index (χ4n) is 1.16. The van der Waals surface area contributed by atoms with Crippen LogP contribution in [0, 0.1) is 13.1 Å². The summed E-state index contributed by atoms with van der Waals surface area (Å²) in [5, 5.41) is 4.80. The van der Waals surface area contributed by atoms with Crippen LogP contribution in [0.2, 0.25) is 5.02 Å². The molecule has 2 aromatic rings. The Labute approximate surface area is 81.8 Å². The van der Waals surface area contributed by atoms with Crippen LogP contribution < -0.4 is 0 Å². The molecule has 0 unspecified atom stereocenters. The predicted octanol–water partition coefficient (Wildman–Crippen LogP) is 2.63. The number of aryl methyl sites for hydroxylation is 1. The first-order valence-corrected chi connectivity index (χ1v) is 4.34. The molecule has 1 aromatic heterocycles. The second kappa shape index (κ2) is 3.23. The molecule has 1 radical (unpaired) electrons. The van der Waals surface area contributed by atoms with Gasteiger partial charge in [0.1, 0.15) is 6.20 Å². The molecule has 3 heteroatoms. The second-order valence-corrected chi connectivity index (χ2v) is 3.24. The van der Waals surface area contributed by atoms with Gasteiger partial charge in [-0.25, -0.2) is 4.68 Å². The maximum absolute atomic E-state index is 5.78. The Hall–Kier alpha value is -1.28.